The molecular weight excluding hydrogens is 366 g/mol. The summed E-state index contributed by atoms with van der Waals surface area (Å²) < 4.78 is 30.9. The second-order valence-corrected chi connectivity index (χ2v) is 9.26. The summed E-state index contributed by atoms with van der Waals surface area (Å²) in [6.45, 7) is 1.89. The topological polar surface area (TPSA) is 64.0 Å². The molecule has 1 aliphatic carbocycles. The van der Waals surface area contributed by atoms with E-state index in [4.69, 9.17) is 0 Å². The Kier molecular flexibility index (Phi) is 4.58. The van der Waals surface area contributed by atoms with E-state index in [2.05, 4.69) is 9.82 Å². The monoisotopic (exact) mass is 387 g/mol. The molecule has 5 nitrogen and oxygen atoms in total. The Hall–Kier alpha value is -2.12. The number of para-hydroxylation sites is 1. The van der Waals surface area contributed by atoms with E-state index in [1.807, 2.05) is 47.3 Å². The lowest BCUT2D eigenvalue weighted by atomic mass is 10.2. The molecule has 1 aromatic carbocycles. The summed E-state index contributed by atoms with van der Waals surface area (Å²) >= 11 is 1.50. The number of sulfonamides is 1. The van der Waals surface area contributed by atoms with Gasteiger partial charge in [0.25, 0.3) is 10.0 Å². The molecule has 3 aromatic rings. The first-order valence-corrected chi connectivity index (χ1v) is 11.1. The maximum Gasteiger partial charge on any atom is 0.265 e. The molecular formula is C19H21N3O2S2. The third kappa shape index (κ3) is 3.29. The summed E-state index contributed by atoms with van der Waals surface area (Å²) in [4.78, 5) is 1.11. The van der Waals surface area contributed by atoms with Crippen LogP contribution in [-0.4, -0.2) is 18.2 Å². The van der Waals surface area contributed by atoms with Gasteiger partial charge < -0.3 is 0 Å². The molecule has 1 aliphatic rings. The van der Waals surface area contributed by atoms with Crippen molar-refractivity contribution in [2.75, 3.05) is 4.72 Å². The number of hydrogen-bond acceptors (Lipinski definition) is 4. The third-order valence-electron chi connectivity index (χ3n) is 4.83. The molecule has 0 aliphatic heterocycles. The zero-order chi connectivity index (χ0) is 18.1. The maximum absolute atomic E-state index is 13.1. The molecule has 1 fully saturated rings. The molecule has 0 radical (unpaired) electrons. The average molecular weight is 388 g/mol. The molecule has 0 bridgehead atoms. The minimum Gasteiger partial charge on any atom is -0.279 e. The van der Waals surface area contributed by atoms with Crippen LogP contribution in [0.4, 0.5) is 5.69 Å². The van der Waals surface area contributed by atoms with Crippen molar-refractivity contribution in [3.05, 3.63) is 53.5 Å². The van der Waals surface area contributed by atoms with Crippen molar-refractivity contribution in [3.8, 4) is 10.6 Å². The van der Waals surface area contributed by atoms with Gasteiger partial charge in [0.2, 0.25) is 0 Å². The highest BCUT2D eigenvalue weighted by atomic mass is 32.2. The lowest BCUT2D eigenvalue weighted by molar-refractivity contribution is 0.467. The van der Waals surface area contributed by atoms with E-state index in [9.17, 15) is 8.42 Å². The second kappa shape index (κ2) is 6.89. The van der Waals surface area contributed by atoms with Crippen molar-refractivity contribution in [1.29, 1.82) is 0 Å². The largest absolute Gasteiger partial charge is 0.279 e. The zero-order valence-corrected chi connectivity index (χ0v) is 16.2. The molecule has 136 valence electrons. The number of thiophene rings is 1. The summed E-state index contributed by atoms with van der Waals surface area (Å²) in [6, 6.07) is 11.5. The van der Waals surface area contributed by atoms with Crippen LogP contribution in [0.3, 0.4) is 0 Å². The highest BCUT2D eigenvalue weighted by Gasteiger charge is 2.27. The Morgan fingerprint density at radius 1 is 1.15 bits per heavy atom. The van der Waals surface area contributed by atoms with Gasteiger partial charge in [-0.3, -0.25) is 9.40 Å². The summed E-state index contributed by atoms with van der Waals surface area (Å²) in [5.41, 5.74) is 2.02. The van der Waals surface area contributed by atoms with E-state index < -0.39 is 10.0 Å². The number of rotatable bonds is 5. The Labute approximate surface area is 157 Å². The van der Waals surface area contributed by atoms with Crippen molar-refractivity contribution in [2.45, 2.75) is 43.5 Å². The maximum atomic E-state index is 13.1. The number of aryl methyl sites for hydroxylation is 1. The molecule has 7 heteroatoms. The Morgan fingerprint density at radius 2 is 1.92 bits per heavy atom. The fourth-order valence-corrected chi connectivity index (χ4v) is 5.47. The Bertz CT molecular complexity index is 1000. The SMILES string of the molecule is Cc1ccccc1NS(=O)(=O)c1cn(C2CCCC2)nc1-c1cccs1. The van der Waals surface area contributed by atoms with Gasteiger partial charge in [0, 0.05) is 6.20 Å². The molecule has 26 heavy (non-hydrogen) atoms. The number of nitrogens with one attached hydrogen (secondary N) is 1. The minimum atomic E-state index is -3.73. The van der Waals surface area contributed by atoms with Crippen molar-refractivity contribution < 1.29 is 8.42 Å². The molecule has 2 aromatic heterocycles. The van der Waals surface area contributed by atoms with Gasteiger partial charge >= 0.3 is 0 Å². The van der Waals surface area contributed by atoms with Gasteiger partial charge in [-0.15, -0.1) is 11.3 Å². The van der Waals surface area contributed by atoms with Gasteiger partial charge in [0.15, 0.2) is 0 Å². The van der Waals surface area contributed by atoms with E-state index >= 15 is 0 Å². The van der Waals surface area contributed by atoms with Crippen molar-refractivity contribution >= 4 is 27.0 Å². The molecule has 4 rings (SSSR count). The fourth-order valence-electron chi connectivity index (χ4n) is 3.40. The lowest BCUT2D eigenvalue weighted by Crippen LogP contribution is -2.14. The molecule has 0 unspecified atom stereocenters. The first kappa shape index (κ1) is 17.3. The van der Waals surface area contributed by atoms with Crippen molar-refractivity contribution in [3.63, 3.8) is 0 Å². The molecule has 0 atom stereocenters. The summed E-state index contributed by atoms with van der Waals surface area (Å²) in [7, 11) is -3.73. The average Bonchev–Trinajstić information content (AvgIpc) is 3.37. The van der Waals surface area contributed by atoms with Crippen LogP contribution < -0.4 is 4.72 Å². The highest BCUT2D eigenvalue weighted by molar-refractivity contribution is 7.92. The van der Waals surface area contributed by atoms with Crippen LogP contribution in [0.25, 0.3) is 10.6 Å². The Balaban J connectivity index is 1.77. The Morgan fingerprint density at radius 3 is 2.62 bits per heavy atom. The van der Waals surface area contributed by atoms with Gasteiger partial charge in [-0.2, -0.15) is 5.10 Å². The fraction of sp³-hybridized carbons (Fsp3) is 0.316. The van der Waals surface area contributed by atoms with Crippen LogP contribution >= 0.6 is 11.3 Å². The molecule has 1 N–H and O–H groups in total. The van der Waals surface area contributed by atoms with Gasteiger partial charge in [-0.1, -0.05) is 37.1 Å². The normalized spacial score (nSPS) is 15.4. The number of aromatic nitrogens is 2. The van der Waals surface area contributed by atoms with Crippen molar-refractivity contribution in [2.24, 2.45) is 0 Å². The van der Waals surface area contributed by atoms with E-state index in [0.29, 0.717) is 11.4 Å². The van der Waals surface area contributed by atoms with Crippen LogP contribution in [-0.2, 0) is 10.0 Å². The standard InChI is InChI=1S/C19H21N3O2S2/c1-14-7-2-5-10-16(14)21-26(23,24)18-13-22(15-8-3-4-9-15)20-19(18)17-11-6-12-25-17/h2,5-7,10-13,15,21H,3-4,8-9H2,1H3. The van der Waals surface area contributed by atoms with Gasteiger partial charge in [-0.25, -0.2) is 8.42 Å². The van der Waals surface area contributed by atoms with E-state index in [1.54, 1.807) is 12.3 Å². The predicted octanol–water partition coefficient (Wildman–Crippen LogP) is 4.84. The van der Waals surface area contributed by atoms with E-state index in [0.717, 1.165) is 23.3 Å². The van der Waals surface area contributed by atoms with Gasteiger partial charge in [0.1, 0.15) is 10.6 Å². The quantitative estimate of drug-likeness (QED) is 0.681. The zero-order valence-electron chi connectivity index (χ0n) is 14.6. The molecule has 1 saturated carbocycles. The van der Waals surface area contributed by atoms with Crippen LogP contribution in [0.2, 0.25) is 0 Å². The summed E-state index contributed by atoms with van der Waals surface area (Å²) in [5.74, 6) is 0. The number of anilines is 1. The van der Waals surface area contributed by atoms with E-state index in [1.165, 1.54) is 24.2 Å². The number of hydrogen-bond donors (Lipinski definition) is 1. The number of nitrogens with zero attached hydrogens (tertiary/aromatic N) is 2. The minimum absolute atomic E-state index is 0.245. The van der Waals surface area contributed by atoms with Crippen LogP contribution in [0.15, 0.2) is 52.9 Å². The smallest absolute Gasteiger partial charge is 0.265 e. The summed E-state index contributed by atoms with van der Waals surface area (Å²) in [5, 5.41) is 6.61. The predicted molar refractivity (Wildman–Crippen MR) is 105 cm³/mol. The lowest BCUT2D eigenvalue weighted by Gasteiger charge is -2.10. The van der Waals surface area contributed by atoms with Gasteiger partial charge in [0.05, 0.1) is 16.6 Å². The van der Waals surface area contributed by atoms with Crippen LogP contribution in [0, 0.1) is 6.92 Å². The molecule has 0 saturated heterocycles. The van der Waals surface area contributed by atoms with E-state index in [-0.39, 0.29) is 10.9 Å². The van der Waals surface area contributed by atoms with Crippen LogP contribution in [0.1, 0.15) is 37.3 Å². The first-order chi connectivity index (χ1) is 12.5. The third-order valence-corrected chi connectivity index (χ3v) is 7.07. The number of benzene rings is 1. The molecule has 0 amide bonds. The molecule has 2 heterocycles. The molecule has 0 spiro atoms. The van der Waals surface area contributed by atoms with Gasteiger partial charge in [-0.05, 0) is 42.8 Å². The first-order valence-electron chi connectivity index (χ1n) is 8.76. The van der Waals surface area contributed by atoms with Crippen molar-refractivity contribution in [1.82, 2.24) is 9.78 Å². The van der Waals surface area contributed by atoms with Crippen LogP contribution in [0.5, 0.6) is 0 Å². The summed E-state index contributed by atoms with van der Waals surface area (Å²) in [6.07, 6.45) is 6.14. The highest BCUT2D eigenvalue weighted by Crippen LogP contribution is 2.35. The second-order valence-electron chi connectivity index (χ2n) is 6.66.